The van der Waals surface area contributed by atoms with Gasteiger partial charge in [0.25, 0.3) is 0 Å². The number of aliphatic carboxylic acids is 1. The summed E-state index contributed by atoms with van der Waals surface area (Å²) in [6.45, 7) is 0. The molecule has 0 unspecified atom stereocenters. The number of nitrogens with zero attached hydrogens (tertiary/aromatic N) is 4. The summed E-state index contributed by atoms with van der Waals surface area (Å²) in [4.78, 5) is 18.7. The highest BCUT2D eigenvalue weighted by Gasteiger charge is 2.09. The lowest BCUT2D eigenvalue weighted by atomic mass is 10.6. The quantitative estimate of drug-likeness (QED) is 0.792. The molecule has 7 heteroatoms. The van der Waals surface area contributed by atoms with E-state index in [1.807, 2.05) is 0 Å². The van der Waals surface area contributed by atoms with E-state index in [2.05, 4.69) is 15.1 Å². The predicted octanol–water partition coefficient (Wildman–Crippen LogP) is 0.839. The zero-order valence-electron chi connectivity index (χ0n) is 8.15. The molecule has 0 aromatic carbocycles. The Hall–Kier alpha value is -1.89. The number of carboxylic acids is 1. The van der Waals surface area contributed by atoms with Crippen molar-refractivity contribution < 1.29 is 9.90 Å². The molecule has 0 aliphatic rings. The van der Waals surface area contributed by atoms with Gasteiger partial charge in [-0.3, -0.25) is 4.79 Å². The molecule has 0 aliphatic carbocycles. The second kappa shape index (κ2) is 4.75. The van der Waals surface area contributed by atoms with Crippen molar-refractivity contribution in [3.05, 3.63) is 30.9 Å². The Kier molecular flexibility index (Phi) is 3.16. The van der Waals surface area contributed by atoms with Crippen molar-refractivity contribution in [1.82, 2.24) is 19.7 Å². The lowest BCUT2D eigenvalue weighted by Crippen LogP contribution is -2.04. The van der Waals surface area contributed by atoms with Crippen LogP contribution in [0.3, 0.4) is 0 Å². The second-order valence-corrected chi connectivity index (χ2v) is 3.78. The number of hydrogen-bond acceptors (Lipinski definition) is 5. The normalized spacial score (nSPS) is 10.2. The third kappa shape index (κ3) is 2.37. The number of rotatable bonds is 4. The molecule has 82 valence electrons. The first-order valence-corrected chi connectivity index (χ1v) is 5.41. The van der Waals surface area contributed by atoms with Gasteiger partial charge in [-0.05, 0) is 6.07 Å². The standard InChI is InChI=1S/C9H8N4O2S/c14-7(15)6-16-9-8(10-3-4-11-9)13-5-1-2-12-13/h1-5H,6H2,(H,14,15). The molecule has 0 bridgehead atoms. The highest BCUT2D eigenvalue weighted by molar-refractivity contribution is 8.00. The molecule has 0 saturated heterocycles. The van der Waals surface area contributed by atoms with Gasteiger partial charge < -0.3 is 5.11 Å². The Morgan fingerprint density at radius 1 is 1.38 bits per heavy atom. The summed E-state index contributed by atoms with van der Waals surface area (Å²) in [6, 6.07) is 1.76. The van der Waals surface area contributed by atoms with Gasteiger partial charge in [0.2, 0.25) is 0 Å². The van der Waals surface area contributed by atoms with Crippen molar-refractivity contribution in [3.8, 4) is 5.82 Å². The van der Waals surface area contributed by atoms with Crippen molar-refractivity contribution in [2.24, 2.45) is 0 Å². The third-order valence-electron chi connectivity index (χ3n) is 1.70. The van der Waals surface area contributed by atoms with E-state index in [1.165, 1.54) is 6.20 Å². The van der Waals surface area contributed by atoms with Crippen LogP contribution in [0.1, 0.15) is 0 Å². The summed E-state index contributed by atoms with van der Waals surface area (Å²) in [6.07, 6.45) is 6.42. The number of aromatic nitrogens is 4. The van der Waals surface area contributed by atoms with Crippen LogP contribution in [0.5, 0.6) is 0 Å². The van der Waals surface area contributed by atoms with Crippen LogP contribution in [0.15, 0.2) is 35.9 Å². The molecule has 0 fully saturated rings. The van der Waals surface area contributed by atoms with E-state index >= 15 is 0 Å². The fourth-order valence-electron chi connectivity index (χ4n) is 1.10. The maximum atomic E-state index is 10.5. The van der Waals surface area contributed by atoms with Crippen LogP contribution in [0.2, 0.25) is 0 Å². The van der Waals surface area contributed by atoms with Crippen molar-refractivity contribution in [3.63, 3.8) is 0 Å². The Morgan fingerprint density at radius 3 is 2.88 bits per heavy atom. The van der Waals surface area contributed by atoms with E-state index in [0.29, 0.717) is 10.8 Å². The van der Waals surface area contributed by atoms with Gasteiger partial charge in [0.05, 0.1) is 5.75 Å². The van der Waals surface area contributed by atoms with E-state index in [4.69, 9.17) is 5.11 Å². The molecule has 0 saturated carbocycles. The summed E-state index contributed by atoms with van der Waals surface area (Å²) in [5.41, 5.74) is 0. The minimum absolute atomic E-state index is 0.0486. The zero-order valence-corrected chi connectivity index (χ0v) is 8.96. The van der Waals surface area contributed by atoms with Crippen LogP contribution < -0.4 is 0 Å². The number of carbonyl (C=O) groups is 1. The third-order valence-corrected chi connectivity index (χ3v) is 2.65. The van der Waals surface area contributed by atoms with Gasteiger partial charge >= 0.3 is 5.97 Å². The lowest BCUT2D eigenvalue weighted by molar-refractivity contribution is -0.133. The van der Waals surface area contributed by atoms with Gasteiger partial charge in [-0.15, -0.1) is 0 Å². The average Bonchev–Trinajstić information content (AvgIpc) is 2.80. The molecule has 6 nitrogen and oxygen atoms in total. The van der Waals surface area contributed by atoms with E-state index in [-0.39, 0.29) is 5.75 Å². The molecule has 2 rings (SSSR count). The van der Waals surface area contributed by atoms with E-state index < -0.39 is 5.97 Å². The fraction of sp³-hybridized carbons (Fsp3) is 0.111. The van der Waals surface area contributed by atoms with Crippen LogP contribution in [0, 0.1) is 0 Å². The molecule has 2 aromatic rings. The van der Waals surface area contributed by atoms with Crippen LogP contribution in [0.25, 0.3) is 5.82 Å². The second-order valence-electron chi connectivity index (χ2n) is 2.82. The molecule has 0 radical (unpaired) electrons. The summed E-state index contributed by atoms with van der Waals surface area (Å²) >= 11 is 1.12. The van der Waals surface area contributed by atoms with Crippen molar-refractivity contribution in [2.75, 3.05) is 5.75 Å². The summed E-state index contributed by atoms with van der Waals surface area (Å²) in [5, 5.41) is 13.2. The van der Waals surface area contributed by atoms with Crippen LogP contribution in [-0.4, -0.2) is 36.6 Å². The maximum absolute atomic E-state index is 10.5. The highest BCUT2D eigenvalue weighted by atomic mass is 32.2. The molecule has 0 spiro atoms. The van der Waals surface area contributed by atoms with Gasteiger partial charge in [0, 0.05) is 24.8 Å². The molecule has 0 aliphatic heterocycles. The van der Waals surface area contributed by atoms with Crippen molar-refractivity contribution in [2.45, 2.75) is 5.03 Å². The van der Waals surface area contributed by atoms with Crippen molar-refractivity contribution >= 4 is 17.7 Å². The van der Waals surface area contributed by atoms with E-state index in [0.717, 1.165) is 11.8 Å². The minimum Gasteiger partial charge on any atom is -0.481 e. The molecular formula is C9H8N4O2S. The van der Waals surface area contributed by atoms with Crippen molar-refractivity contribution in [1.29, 1.82) is 0 Å². The molecule has 0 amide bonds. The highest BCUT2D eigenvalue weighted by Crippen LogP contribution is 2.20. The largest absolute Gasteiger partial charge is 0.481 e. The topological polar surface area (TPSA) is 80.9 Å². The molecular weight excluding hydrogens is 228 g/mol. The van der Waals surface area contributed by atoms with Gasteiger partial charge in [-0.2, -0.15) is 5.10 Å². The SMILES string of the molecule is O=C(O)CSc1nccnc1-n1cccn1. The first-order chi connectivity index (χ1) is 7.77. The maximum Gasteiger partial charge on any atom is 0.313 e. The fourth-order valence-corrected chi connectivity index (χ4v) is 1.77. The average molecular weight is 236 g/mol. The zero-order chi connectivity index (χ0) is 11.4. The summed E-state index contributed by atoms with van der Waals surface area (Å²) in [5.74, 6) is -0.395. The molecule has 2 aromatic heterocycles. The minimum atomic E-state index is -0.887. The molecule has 2 heterocycles. The van der Waals surface area contributed by atoms with Gasteiger partial charge in [0.15, 0.2) is 5.82 Å². The summed E-state index contributed by atoms with van der Waals surface area (Å²) < 4.78 is 1.55. The molecule has 1 N–H and O–H groups in total. The number of carboxylic acid groups (broad SMARTS) is 1. The van der Waals surface area contributed by atoms with Gasteiger partial charge in [-0.25, -0.2) is 14.6 Å². The first kappa shape index (κ1) is 10.6. The molecule has 0 atom stereocenters. The predicted molar refractivity (Wildman–Crippen MR) is 57.5 cm³/mol. The Labute approximate surface area is 95.3 Å². The number of hydrogen-bond donors (Lipinski definition) is 1. The van der Waals surface area contributed by atoms with Gasteiger partial charge in [0.1, 0.15) is 5.03 Å². The Bertz CT molecular complexity index is 486. The number of thioether (sulfide) groups is 1. The first-order valence-electron chi connectivity index (χ1n) is 4.43. The smallest absolute Gasteiger partial charge is 0.313 e. The molecule has 16 heavy (non-hydrogen) atoms. The lowest BCUT2D eigenvalue weighted by Gasteiger charge is -2.04. The Morgan fingerprint density at radius 2 is 2.19 bits per heavy atom. The van der Waals surface area contributed by atoms with Crippen LogP contribution in [-0.2, 0) is 4.79 Å². The summed E-state index contributed by atoms with van der Waals surface area (Å²) in [7, 11) is 0. The monoisotopic (exact) mass is 236 g/mol. The van der Waals surface area contributed by atoms with Crippen LogP contribution in [0.4, 0.5) is 0 Å². The van der Waals surface area contributed by atoms with Crippen LogP contribution >= 0.6 is 11.8 Å². The van der Waals surface area contributed by atoms with E-state index in [9.17, 15) is 4.79 Å². The van der Waals surface area contributed by atoms with Gasteiger partial charge in [-0.1, -0.05) is 11.8 Å². The van der Waals surface area contributed by atoms with E-state index in [1.54, 1.807) is 29.3 Å². The Balaban J connectivity index is 2.27.